The largest absolute Gasteiger partial charge is 0.508 e. The lowest BCUT2D eigenvalue weighted by atomic mass is 10.1. The SMILES string of the molecule is CC(NCc1cc2c(s1)CCC2)c1ccc(O)cc1O. The summed E-state index contributed by atoms with van der Waals surface area (Å²) >= 11 is 1.90. The molecule has 0 amide bonds. The van der Waals surface area contributed by atoms with E-state index in [4.69, 9.17) is 0 Å². The van der Waals surface area contributed by atoms with E-state index >= 15 is 0 Å². The number of phenols is 2. The minimum atomic E-state index is 0.0486. The van der Waals surface area contributed by atoms with Gasteiger partial charge in [0.1, 0.15) is 11.5 Å². The molecule has 1 aliphatic rings. The van der Waals surface area contributed by atoms with Crippen molar-refractivity contribution in [3.63, 3.8) is 0 Å². The van der Waals surface area contributed by atoms with E-state index in [-0.39, 0.29) is 17.5 Å². The first-order valence-electron chi connectivity index (χ1n) is 6.99. The molecule has 0 radical (unpaired) electrons. The first kappa shape index (κ1) is 13.5. The van der Waals surface area contributed by atoms with Gasteiger partial charge in [0.25, 0.3) is 0 Å². The van der Waals surface area contributed by atoms with Gasteiger partial charge in [-0.15, -0.1) is 11.3 Å². The lowest BCUT2D eigenvalue weighted by molar-refractivity contribution is 0.436. The first-order chi connectivity index (χ1) is 9.63. The van der Waals surface area contributed by atoms with Gasteiger partial charge in [-0.1, -0.05) is 6.07 Å². The minimum absolute atomic E-state index is 0.0486. The molecule has 4 heteroatoms. The summed E-state index contributed by atoms with van der Waals surface area (Å²) in [6.45, 7) is 2.84. The van der Waals surface area contributed by atoms with Gasteiger partial charge >= 0.3 is 0 Å². The van der Waals surface area contributed by atoms with Gasteiger partial charge in [0.15, 0.2) is 0 Å². The zero-order valence-corrected chi connectivity index (χ0v) is 12.3. The molecule has 1 aromatic carbocycles. The summed E-state index contributed by atoms with van der Waals surface area (Å²) in [4.78, 5) is 2.90. The molecule has 0 bridgehead atoms. The normalized spacial score (nSPS) is 15.2. The predicted molar refractivity (Wildman–Crippen MR) is 81.4 cm³/mol. The second kappa shape index (κ2) is 5.46. The fourth-order valence-electron chi connectivity index (χ4n) is 2.74. The zero-order chi connectivity index (χ0) is 14.1. The minimum Gasteiger partial charge on any atom is -0.508 e. The molecule has 106 valence electrons. The Balaban J connectivity index is 1.65. The Kier molecular flexibility index (Phi) is 3.68. The van der Waals surface area contributed by atoms with E-state index in [0.717, 1.165) is 12.1 Å². The third-order valence-electron chi connectivity index (χ3n) is 3.86. The van der Waals surface area contributed by atoms with Gasteiger partial charge in [-0.05, 0) is 43.9 Å². The van der Waals surface area contributed by atoms with Crippen LogP contribution < -0.4 is 5.32 Å². The highest BCUT2D eigenvalue weighted by Gasteiger charge is 2.16. The number of aromatic hydroxyl groups is 2. The lowest BCUT2D eigenvalue weighted by Crippen LogP contribution is -2.17. The van der Waals surface area contributed by atoms with Crippen molar-refractivity contribution in [3.8, 4) is 11.5 Å². The number of thiophene rings is 1. The fourth-order valence-corrected chi connectivity index (χ4v) is 3.95. The Labute approximate surface area is 122 Å². The van der Waals surface area contributed by atoms with Gasteiger partial charge in [-0.25, -0.2) is 0 Å². The maximum absolute atomic E-state index is 9.86. The molecule has 1 unspecified atom stereocenters. The summed E-state index contributed by atoms with van der Waals surface area (Å²) in [6, 6.07) is 7.10. The molecule has 1 heterocycles. The second-order valence-corrected chi connectivity index (χ2v) is 6.58. The van der Waals surface area contributed by atoms with E-state index in [2.05, 4.69) is 11.4 Å². The Morgan fingerprint density at radius 1 is 1.25 bits per heavy atom. The van der Waals surface area contributed by atoms with Gasteiger partial charge in [0, 0.05) is 34.0 Å². The smallest absolute Gasteiger partial charge is 0.124 e. The molecule has 1 aromatic heterocycles. The molecule has 0 fully saturated rings. The number of hydrogen-bond acceptors (Lipinski definition) is 4. The van der Waals surface area contributed by atoms with Crippen LogP contribution in [0.2, 0.25) is 0 Å². The third-order valence-corrected chi connectivity index (χ3v) is 5.10. The number of rotatable bonds is 4. The van der Waals surface area contributed by atoms with Crippen LogP contribution in [0.3, 0.4) is 0 Å². The Bertz CT molecular complexity index is 599. The maximum atomic E-state index is 9.86. The van der Waals surface area contributed by atoms with Crippen molar-refractivity contribution in [3.05, 3.63) is 45.1 Å². The first-order valence-corrected chi connectivity index (χ1v) is 7.81. The molecule has 3 nitrogen and oxygen atoms in total. The van der Waals surface area contributed by atoms with Gasteiger partial charge < -0.3 is 15.5 Å². The van der Waals surface area contributed by atoms with Crippen LogP contribution in [0.1, 0.15) is 40.3 Å². The van der Waals surface area contributed by atoms with E-state index in [1.165, 1.54) is 35.8 Å². The quantitative estimate of drug-likeness (QED) is 0.807. The number of phenolic OH excluding ortho intramolecular Hbond substituents is 2. The summed E-state index contributed by atoms with van der Waals surface area (Å²) in [7, 11) is 0. The predicted octanol–water partition coefficient (Wildman–Crippen LogP) is 3.50. The van der Waals surface area contributed by atoms with E-state index < -0.39 is 0 Å². The highest BCUT2D eigenvalue weighted by molar-refractivity contribution is 7.12. The summed E-state index contributed by atoms with van der Waals surface area (Å²) in [5, 5.41) is 22.6. The Morgan fingerprint density at radius 3 is 2.85 bits per heavy atom. The van der Waals surface area contributed by atoms with Gasteiger partial charge in [-0.2, -0.15) is 0 Å². The molecule has 3 rings (SSSR count). The average Bonchev–Trinajstić information content (AvgIpc) is 2.96. The lowest BCUT2D eigenvalue weighted by Gasteiger charge is -2.15. The molecule has 2 aromatic rings. The third kappa shape index (κ3) is 2.67. The molecule has 0 spiro atoms. The van der Waals surface area contributed by atoms with Crippen LogP contribution in [0.25, 0.3) is 0 Å². The highest BCUT2D eigenvalue weighted by atomic mass is 32.1. The number of hydrogen-bond donors (Lipinski definition) is 3. The fraction of sp³-hybridized carbons (Fsp3) is 0.375. The molecular formula is C16H19NO2S. The number of aryl methyl sites for hydroxylation is 2. The monoisotopic (exact) mass is 289 g/mol. The molecule has 3 N–H and O–H groups in total. The summed E-state index contributed by atoms with van der Waals surface area (Å²) in [5.41, 5.74) is 2.33. The topological polar surface area (TPSA) is 52.5 Å². The summed E-state index contributed by atoms with van der Waals surface area (Å²) < 4.78 is 0. The maximum Gasteiger partial charge on any atom is 0.124 e. The van der Waals surface area contributed by atoms with Crippen molar-refractivity contribution in [2.75, 3.05) is 0 Å². The van der Waals surface area contributed by atoms with Crippen molar-refractivity contribution >= 4 is 11.3 Å². The number of nitrogens with one attached hydrogen (secondary N) is 1. The zero-order valence-electron chi connectivity index (χ0n) is 11.5. The molecule has 0 saturated heterocycles. The van der Waals surface area contributed by atoms with Crippen LogP contribution in [0.5, 0.6) is 11.5 Å². The number of benzene rings is 1. The van der Waals surface area contributed by atoms with Crippen LogP contribution >= 0.6 is 11.3 Å². The molecule has 1 atom stereocenters. The average molecular weight is 289 g/mol. The molecule has 20 heavy (non-hydrogen) atoms. The van der Waals surface area contributed by atoms with E-state index in [0.29, 0.717) is 0 Å². The molecule has 0 aliphatic heterocycles. The van der Waals surface area contributed by atoms with Gasteiger partial charge in [0.05, 0.1) is 0 Å². The Hall–Kier alpha value is -1.52. The van der Waals surface area contributed by atoms with Gasteiger partial charge in [-0.3, -0.25) is 0 Å². The van der Waals surface area contributed by atoms with Crippen LogP contribution in [-0.4, -0.2) is 10.2 Å². The molecular weight excluding hydrogens is 270 g/mol. The van der Waals surface area contributed by atoms with Crippen molar-refractivity contribution in [2.45, 2.75) is 38.8 Å². The van der Waals surface area contributed by atoms with Crippen LogP contribution in [-0.2, 0) is 19.4 Å². The standard InChI is InChI=1S/C16H19NO2S/c1-10(14-6-5-12(18)8-15(14)19)17-9-13-7-11-3-2-4-16(11)20-13/h5-8,10,17-19H,2-4,9H2,1H3. The van der Waals surface area contributed by atoms with Crippen molar-refractivity contribution in [1.82, 2.24) is 5.32 Å². The van der Waals surface area contributed by atoms with Crippen molar-refractivity contribution < 1.29 is 10.2 Å². The Morgan fingerprint density at radius 2 is 2.10 bits per heavy atom. The summed E-state index contributed by atoms with van der Waals surface area (Å²) in [5.74, 6) is 0.229. The second-order valence-electron chi connectivity index (χ2n) is 5.36. The van der Waals surface area contributed by atoms with Crippen molar-refractivity contribution in [1.29, 1.82) is 0 Å². The molecule has 0 saturated carbocycles. The van der Waals surface area contributed by atoms with E-state index in [1.807, 2.05) is 18.3 Å². The van der Waals surface area contributed by atoms with Gasteiger partial charge in [0.2, 0.25) is 0 Å². The van der Waals surface area contributed by atoms with Crippen molar-refractivity contribution in [2.24, 2.45) is 0 Å². The highest BCUT2D eigenvalue weighted by Crippen LogP contribution is 2.31. The number of fused-ring (bicyclic) bond motifs is 1. The summed E-state index contributed by atoms with van der Waals surface area (Å²) in [6.07, 6.45) is 3.75. The van der Waals surface area contributed by atoms with Crippen LogP contribution in [0.15, 0.2) is 24.3 Å². The van der Waals surface area contributed by atoms with Crippen LogP contribution in [0.4, 0.5) is 0 Å². The molecule has 1 aliphatic carbocycles. The van der Waals surface area contributed by atoms with E-state index in [1.54, 1.807) is 17.0 Å². The van der Waals surface area contributed by atoms with Crippen LogP contribution in [0, 0.1) is 0 Å². The van der Waals surface area contributed by atoms with E-state index in [9.17, 15) is 10.2 Å².